The van der Waals surface area contributed by atoms with Crippen molar-refractivity contribution in [1.82, 2.24) is 15.5 Å². The van der Waals surface area contributed by atoms with E-state index in [1.807, 2.05) is 22.4 Å². The summed E-state index contributed by atoms with van der Waals surface area (Å²) in [6, 6.07) is 3.38. The molecule has 7 heteroatoms. The maximum Gasteiger partial charge on any atom is 0.321 e. The minimum atomic E-state index is -0.483. The zero-order valence-corrected chi connectivity index (χ0v) is 12.0. The molecule has 6 nitrogen and oxygen atoms in total. The van der Waals surface area contributed by atoms with Crippen LogP contribution < -0.4 is 10.6 Å². The molecule has 2 heterocycles. The lowest BCUT2D eigenvalue weighted by Crippen LogP contribution is -2.46. The van der Waals surface area contributed by atoms with Gasteiger partial charge in [0.1, 0.15) is 0 Å². The van der Waals surface area contributed by atoms with Gasteiger partial charge in [-0.3, -0.25) is 15.0 Å². The molecule has 1 aromatic rings. The summed E-state index contributed by atoms with van der Waals surface area (Å²) < 4.78 is 0. The molecule has 0 unspecified atom stereocenters. The molecule has 1 aliphatic heterocycles. The molecule has 0 saturated carbocycles. The van der Waals surface area contributed by atoms with Crippen LogP contribution in [0.25, 0.3) is 0 Å². The first kappa shape index (κ1) is 15.0. The highest BCUT2D eigenvalue weighted by Gasteiger charge is 2.25. The van der Waals surface area contributed by atoms with Crippen LogP contribution in [-0.2, 0) is 11.3 Å². The Labute approximate surface area is 121 Å². The second-order valence-corrected chi connectivity index (χ2v) is 5.79. The average molecular weight is 297 g/mol. The molecule has 0 spiro atoms. The number of imide groups is 1. The van der Waals surface area contributed by atoms with Gasteiger partial charge in [-0.1, -0.05) is 6.07 Å². The number of rotatable bonds is 5. The van der Waals surface area contributed by atoms with Crippen LogP contribution in [0.4, 0.5) is 4.79 Å². The highest BCUT2D eigenvalue weighted by atomic mass is 32.1. The van der Waals surface area contributed by atoms with E-state index in [-0.39, 0.29) is 25.1 Å². The highest BCUT2D eigenvalue weighted by molar-refractivity contribution is 7.09. The van der Waals surface area contributed by atoms with E-state index in [2.05, 4.69) is 10.6 Å². The van der Waals surface area contributed by atoms with Crippen LogP contribution in [0.15, 0.2) is 17.5 Å². The van der Waals surface area contributed by atoms with Crippen molar-refractivity contribution < 1.29 is 14.7 Å². The predicted octanol–water partition coefficient (Wildman–Crippen LogP) is 0.531. The summed E-state index contributed by atoms with van der Waals surface area (Å²) in [7, 11) is 0. The molecule has 110 valence electrons. The molecule has 1 aromatic heterocycles. The number of hydrogen-bond donors (Lipinski definition) is 3. The van der Waals surface area contributed by atoms with Gasteiger partial charge >= 0.3 is 6.03 Å². The minimum Gasteiger partial charge on any atom is -0.395 e. The first-order chi connectivity index (χ1) is 9.69. The van der Waals surface area contributed by atoms with E-state index in [9.17, 15) is 9.59 Å². The number of likely N-dealkylation sites (tertiary alicyclic amines) is 1. The van der Waals surface area contributed by atoms with Crippen LogP contribution in [-0.4, -0.2) is 47.7 Å². The van der Waals surface area contributed by atoms with Gasteiger partial charge in [-0.15, -0.1) is 11.3 Å². The van der Waals surface area contributed by atoms with Gasteiger partial charge in [-0.05, 0) is 30.8 Å². The van der Waals surface area contributed by atoms with Gasteiger partial charge in [0.2, 0.25) is 5.91 Å². The largest absolute Gasteiger partial charge is 0.395 e. The molecule has 2 rings (SSSR count). The fourth-order valence-corrected chi connectivity index (χ4v) is 2.93. The minimum absolute atomic E-state index is 0.0370. The van der Waals surface area contributed by atoms with Crippen molar-refractivity contribution in [2.75, 3.05) is 19.7 Å². The first-order valence-electron chi connectivity index (χ1n) is 6.64. The summed E-state index contributed by atoms with van der Waals surface area (Å²) in [5, 5.41) is 16.0. The Balaban J connectivity index is 1.69. The van der Waals surface area contributed by atoms with Crippen molar-refractivity contribution >= 4 is 23.3 Å². The number of aliphatic hydroxyl groups excluding tert-OH is 1. The van der Waals surface area contributed by atoms with Crippen LogP contribution in [0.5, 0.6) is 0 Å². The van der Waals surface area contributed by atoms with Crippen molar-refractivity contribution in [3.63, 3.8) is 0 Å². The van der Waals surface area contributed by atoms with Crippen LogP contribution >= 0.6 is 11.3 Å². The maximum absolute atomic E-state index is 11.7. The molecule has 0 bridgehead atoms. The van der Waals surface area contributed by atoms with Crippen LogP contribution in [0.1, 0.15) is 17.7 Å². The Kier molecular flexibility index (Phi) is 5.51. The van der Waals surface area contributed by atoms with Crippen LogP contribution in [0, 0.1) is 0 Å². The van der Waals surface area contributed by atoms with Gasteiger partial charge < -0.3 is 10.4 Å². The summed E-state index contributed by atoms with van der Waals surface area (Å²) in [5.74, 6) is -0.339. The summed E-state index contributed by atoms with van der Waals surface area (Å²) in [5.41, 5.74) is 0. The lowest BCUT2D eigenvalue weighted by Gasteiger charge is -2.21. The lowest BCUT2D eigenvalue weighted by atomic mass is 10.2. The van der Waals surface area contributed by atoms with E-state index in [1.54, 1.807) is 11.3 Å². The molecule has 3 amide bonds. The van der Waals surface area contributed by atoms with Crippen molar-refractivity contribution in [2.24, 2.45) is 0 Å². The molecule has 3 N–H and O–H groups in total. The Morgan fingerprint density at radius 3 is 3.05 bits per heavy atom. The normalized spacial score (nSPS) is 18.9. The summed E-state index contributed by atoms with van der Waals surface area (Å²) >= 11 is 1.55. The molecule has 0 aromatic carbocycles. The van der Waals surface area contributed by atoms with Gasteiger partial charge in [0.15, 0.2) is 0 Å². The number of hydrogen-bond acceptors (Lipinski definition) is 5. The van der Waals surface area contributed by atoms with E-state index in [0.29, 0.717) is 6.54 Å². The molecule has 1 fully saturated rings. The first-order valence-corrected chi connectivity index (χ1v) is 7.52. The Hall–Kier alpha value is -1.44. The smallest absolute Gasteiger partial charge is 0.321 e. The molecule has 1 saturated heterocycles. The van der Waals surface area contributed by atoms with E-state index in [0.717, 1.165) is 24.3 Å². The van der Waals surface area contributed by atoms with Crippen molar-refractivity contribution in [2.45, 2.75) is 25.4 Å². The fraction of sp³-hybridized carbons (Fsp3) is 0.538. The highest BCUT2D eigenvalue weighted by Crippen LogP contribution is 2.15. The molecular weight excluding hydrogens is 278 g/mol. The quantitative estimate of drug-likeness (QED) is 0.740. The maximum atomic E-state index is 11.7. The number of nitrogens with one attached hydrogen (secondary N) is 2. The van der Waals surface area contributed by atoms with E-state index in [4.69, 9.17) is 5.11 Å². The average Bonchev–Trinajstić information content (AvgIpc) is 3.06. The number of carbonyl (C=O) groups is 2. The standard InChI is InChI=1S/C13H19N3O3S/c17-9-10-3-1-5-16(10)8-12(18)15-13(19)14-7-11-4-2-6-20-11/h2,4,6,10,17H,1,3,5,7-9H2,(H2,14,15,18,19)/t10-/m0/s1. The Bertz CT molecular complexity index is 450. The zero-order chi connectivity index (χ0) is 14.4. The Morgan fingerprint density at radius 1 is 1.50 bits per heavy atom. The van der Waals surface area contributed by atoms with E-state index >= 15 is 0 Å². The third-order valence-electron chi connectivity index (χ3n) is 3.31. The van der Waals surface area contributed by atoms with Crippen LogP contribution in [0.3, 0.4) is 0 Å². The third kappa shape index (κ3) is 4.29. The lowest BCUT2D eigenvalue weighted by molar-refractivity contribution is -0.121. The van der Waals surface area contributed by atoms with E-state index < -0.39 is 6.03 Å². The van der Waals surface area contributed by atoms with Gasteiger partial charge in [-0.25, -0.2) is 4.79 Å². The number of aliphatic hydroxyl groups is 1. The molecule has 20 heavy (non-hydrogen) atoms. The van der Waals surface area contributed by atoms with Crippen molar-refractivity contribution in [1.29, 1.82) is 0 Å². The SMILES string of the molecule is O=C(CN1CCC[C@H]1CO)NC(=O)NCc1cccs1. The van der Waals surface area contributed by atoms with Gasteiger partial charge in [0.05, 0.1) is 19.7 Å². The fourth-order valence-electron chi connectivity index (χ4n) is 2.29. The number of amides is 3. The second-order valence-electron chi connectivity index (χ2n) is 4.76. The van der Waals surface area contributed by atoms with Gasteiger partial charge in [0.25, 0.3) is 0 Å². The topological polar surface area (TPSA) is 81.7 Å². The monoisotopic (exact) mass is 297 g/mol. The Morgan fingerprint density at radius 2 is 2.35 bits per heavy atom. The zero-order valence-electron chi connectivity index (χ0n) is 11.2. The van der Waals surface area contributed by atoms with E-state index in [1.165, 1.54) is 0 Å². The number of urea groups is 1. The molecule has 0 aliphatic carbocycles. The van der Waals surface area contributed by atoms with Crippen molar-refractivity contribution in [3.8, 4) is 0 Å². The summed E-state index contributed by atoms with van der Waals surface area (Å²) in [6.07, 6.45) is 1.87. The molecular formula is C13H19N3O3S. The number of nitrogens with zero attached hydrogens (tertiary/aromatic N) is 1. The predicted molar refractivity (Wildman–Crippen MR) is 76.4 cm³/mol. The third-order valence-corrected chi connectivity index (χ3v) is 4.19. The molecule has 1 atom stereocenters. The summed E-state index contributed by atoms with van der Waals surface area (Å²) in [4.78, 5) is 26.2. The molecule has 1 aliphatic rings. The summed E-state index contributed by atoms with van der Waals surface area (Å²) in [6.45, 7) is 1.41. The van der Waals surface area contributed by atoms with Crippen molar-refractivity contribution in [3.05, 3.63) is 22.4 Å². The van der Waals surface area contributed by atoms with Gasteiger partial charge in [-0.2, -0.15) is 0 Å². The molecule has 0 radical (unpaired) electrons. The number of thiophene rings is 1. The number of carbonyl (C=O) groups excluding carboxylic acids is 2. The van der Waals surface area contributed by atoms with Crippen LogP contribution in [0.2, 0.25) is 0 Å². The second kappa shape index (κ2) is 7.37. The van der Waals surface area contributed by atoms with Gasteiger partial charge in [0, 0.05) is 10.9 Å².